The van der Waals surface area contributed by atoms with Crippen molar-refractivity contribution in [2.24, 2.45) is 0 Å². The largest absolute Gasteiger partial charge is 0.396 e. The monoisotopic (exact) mass is 291 g/mol. The Bertz CT molecular complexity index is 513. The molecule has 6 nitrogen and oxygen atoms in total. The minimum atomic E-state index is -0.229. The molecule has 116 valence electrons. The summed E-state index contributed by atoms with van der Waals surface area (Å²) in [5.41, 5.74) is 6.41. The summed E-state index contributed by atoms with van der Waals surface area (Å²) in [5.74, 6) is 0.572. The number of carbonyl (C=O) groups is 1. The molecule has 6 heteroatoms. The normalized spacial score (nSPS) is 16.3. The van der Waals surface area contributed by atoms with Crippen LogP contribution in [0.25, 0.3) is 0 Å². The van der Waals surface area contributed by atoms with E-state index in [9.17, 15) is 4.79 Å². The molecular formula is C15H25N5O. The zero-order chi connectivity index (χ0) is 15.6. The van der Waals surface area contributed by atoms with E-state index in [0.29, 0.717) is 30.1 Å². The summed E-state index contributed by atoms with van der Waals surface area (Å²) < 4.78 is 0. The molecule has 3 N–H and O–H groups in total. The van der Waals surface area contributed by atoms with Crippen LogP contribution in [0.3, 0.4) is 0 Å². The molecule has 1 unspecified atom stereocenters. The van der Waals surface area contributed by atoms with Gasteiger partial charge in [0.05, 0.1) is 11.9 Å². The van der Waals surface area contributed by atoms with Gasteiger partial charge in [0.1, 0.15) is 5.82 Å². The molecule has 1 aliphatic carbocycles. The third-order valence-electron chi connectivity index (χ3n) is 3.94. The molecule has 2 rings (SSSR count). The van der Waals surface area contributed by atoms with Gasteiger partial charge in [-0.3, -0.25) is 9.69 Å². The summed E-state index contributed by atoms with van der Waals surface area (Å²) >= 11 is 0. The average molecular weight is 291 g/mol. The van der Waals surface area contributed by atoms with E-state index in [1.165, 1.54) is 19.0 Å². The summed E-state index contributed by atoms with van der Waals surface area (Å²) in [6.07, 6.45) is 4.02. The SMILES string of the molecule is CC(C)c1ncc(N)c(C(=O)NCC(C)N(C)C2CC2)n1. The highest BCUT2D eigenvalue weighted by Gasteiger charge is 2.29. The zero-order valence-electron chi connectivity index (χ0n) is 13.3. The fraction of sp³-hybridized carbons (Fsp3) is 0.667. The summed E-state index contributed by atoms with van der Waals surface area (Å²) in [7, 11) is 2.10. The first-order valence-electron chi connectivity index (χ1n) is 7.52. The Balaban J connectivity index is 1.97. The number of carbonyl (C=O) groups excluding carboxylic acids is 1. The van der Waals surface area contributed by atoms with Crippen LogP contribution in [0.1, 0.15) is 55.8 Å². The van der Waals surface area contributed by atoms with Crippen LogP contribution in [0.5, 0.6) is 0 Å². The number of nitrogen functional groups attached to an aromatic ring is 1. The van der Waals surface area contributed by atoms with Crippen LogP contribution >= 0.6 is 0 Å². The number of aromatic nitrogens is 2. The molecule has 1 fully saturated rings. The van der Waals surface area contributed by atoms with Crippen molar-refractivity contribution in [1.29, 1.82) is 0 Å². The number of hydrogen-bond acceptors (Lipinski definition) is 5. The van der Waals surface area contributed by atoms with Gasteiger partial charge in [0.15, 0.2) is 5.69 Å². The smallest absolute Gasteiger partial charge is 0.272 e. The molecule has 0 bridgehead atoms. The van der Waals surface area contributed by atoms with E-state index in [0.717, 1.165) is 0 Å². The molecule has 0 aliphatic heterocycles. The fourth-order valence-electron chi connectivity index (χ4n) is 2.17. The van der Waals surface area contributed by atoms with Crippen LogP contribution in [0.4, 0.5) is 5.69 Å². The Morgan fingerprint density at radius 1 is 1.48 bits per heavy atom. The summed E-state index contributed by atoms with van der Waals surface area (Å²) in [5, 5.41) is 2.92. The molecule has 1 atom stereocenters. The maximum atomic E-state index is 12.3. The number of nitrogens with zero attached hydrogens (tertiary/aromatic N) is 3. The molecule has 1 aliphatic rings. The van der Waals surface area contributed by atoms with Gasteiger partial charge in [0.2, 0.25) is 0 Å². The predicted octanol–water partition coefficient (Wildman–Crippen LogP) is 1.39. The van der Waals surface area contributed by atoms with Crippen LogP contribution in [-0.4, -0.2) is 46.5 Å². The highest BCUT2D eigenvalue weighted by atomic mass is 16.1. The van der Waals surface area contributed by atoms with E-state index in [-0.39, 0.29) is 17.5 Å². The lowest BCUT2D eigenvalue weighted by Crippen LogP contribution is -2.41. The van der Waals surface area contributed by atoms with E-state index in [1.807, 2.05) is 13.8 Å². The van der Waals surface area contributed by atoms with Crippen molar-refractivity contribution in [1.82, 2.24) is 20.2 Å². The minimum absolute atomic E-state index is 0.164. The third-order valence-corrected chi connectivity index (χ3v) is 3.94. The summed E-state index contributed by atoms with van der Waals surface area (Å²) in [4.78, 5) is 23.0. The van der Waals surface area contributed by atoms with Crippen molar-refractivity contribution in [3.8, 4) is 0 Å². The van der Waals surface area contributed by atoms with Crippen LogP contribution in [-0.2, 0) is 0 Å². The Morgan fingerprint density at radius 3 is 2.71 bits per heavy atom. The zero-order valence-corrected chi connectivity index (χ0v) is 13.3. The number of rotatable bonds is 6. The molecule has 1 heterocycles. The Labute approximate surface area is 126 Å². The number of hydrogen-bond donors (Lipinski definition) is 2. The van der Waals surface area contributed by atoms with E-state index >= 15 is 0 Å². The summed E-state index contributed by atoms with van der Waals surface area (Å²) in [6, 6.07) is 0.975. The first-order valence-corrected chi connectivity index (χ1v) is 7.52. The van der Waals surface area contributed by atoms with Crippen LogP contribution in [0.2, 0.25) is 0 Å². The lowest BCUT2D eigenvalue weighted by Gasteiger charge is -2.24. The molecule has 0 aromatic carbocycles. The Hall–Kier alpha value is -1.69. The second-order valence-electron chi connectivity index (χ2n) is 6.14. The minimum Gasteiger partial charge on any atom is -0.396 e. The van der Waals surface area contributed by atoms with Crippen molar-refractivity contribution >= 4 is 11.6 Å². The van der Waals surface area contributed by atoms with Gasteiger partial charge in [-0.25, -0.2) is 9.97 Å². The topological polar surface area (TPSA) is 84.1 Å². The van der Waals surface area contributed by atoms with Gasteiger partial charge in [-0.15, -0.1) is 0 Å². The highest BCUT2D eigenvalue weighted by molar-refractivity contribution is 5.96. The number of likely N-dealkylation sites (N-methyl/N-ethyl adjacent to an activating group) is 1. The standard InChI is InChI=1S/C15H25N5O/c1-9(2)14-17-8-12(16)13(19-14)15(21)18-7-10(3)20(4)11-5-6-11/h8-11H,5-7,16H2,1-4H3,(H,18,21). The molecule has 1 aromatic rings. The Kier molecular flexibility index (Phi) is 4.77. The molecule has 21 heavy (non-hydrogen) atoms. The van der Waals surface area contributed by atoms with Crippen molar-refractivity contribution in [2.75, 3.05) is 19.3 Å². The maximum absolute atomic E-state index is 12.3. The molecule has 0 saturated heterocycles. The van der Waals surface area contributed by atoms with Crippen LogP contribution < -0.4 is 11.1 Å². The van der Waals surface area contributed by atoms with E-state index in [2.05, 4.69) is 34.2 Å². The number of anilines is 1. The average Bonchev–Trinajstić information content (AvgIpc) is 3.28. The third kappa shape index (κ3) is 3.91. The second-order valence-corrected chi connectivity index (χ2v) is 6.14. The predicted molar refractivity (Wildman–Crippen MR) is 83.1 cm³/mol. The number of amides is 1. The highest BCUT2D eigenvalue weighted by Crippen LogP contribution is 2.26. The van der Waals surface area contributed by atoms with Crippen molar-refractivity contribution in [2.45, 2.75) is 51.6 Å². The van der Waals surface area contributed by atoms with Crippen molar-refractivity contribution in [3.05, 3.63) is 17.7 Å². The van der Waals surface area contributed by atoms with E-state index in [1.54, 1.807) is 0 Å². The van der Waals surface area contributed by atoms with Gasteiger partial charge in [-0.1, -0.05) is 13.8 Å². The van der Waals surface area contributed by atoms with Gasteiger partial charge < -0.3 is 11.1 Å². The quantitative estimate of drug-likeness (QED) is 0.827. The lowest BCUT2D eigenvalue weighted by molar-refractivity contribution is 0.0935. The molecule has 0 spiro atoms. The van der Waals surface area contributed by atoms with Crippen LogP contribution in [0.15, 0.2) is 6.20 Å². The first-order chi connectivity index (χ1) is 9.90. The summed E-state index contributed by atoms with van der Waals surface area (Å²) in [6.45, 7) is 6.67. The second kappa shape index (κ2) is 6.39. The molecular weight excluding hydrogens is 266 g/mol. The van der Waals surface area contributed by atoms with Gasteiger partial charge in [0, 0.05) is 24.5 Å². The van der Waals surface area contributed by atoms with Crippen molar-refractivity contribution in [3.63, 3.8) is 0 Å². The number of nitrogens with one attached hydrogen (secondary N) is 1. The molecule has 0 radical (unpaired) electrons. The van der Waals surface area contributed by atoms with E-state index in [4.69, 9.17) is 5.73 Å². The van der Waals surface area contributed by atoms with Crippen LogP contribution in [0, 0.1) is 0 Å². The Morgan fingerprint density at radius 2 is 2.14 bits per heavy atom. The molecule has 1 saturated carbocycles. The van der Waals surface area contributed by atoms with Gasteiger partial charge in [-0.2, -0.15) is 0 Å². The maximum Gasteiger partial charge on any atom is 0.272 e. The molecule has 1 aromatic heterocycles. The number of nitrogens with two attached hydrogens (primary N) is 1. The first kappa shape index (κ1) is 15.7. The molecule has 1 amide bonds. The van der Waals surface area contributed by atoms with Gasteiger partial charge in [0.25, 0.3) is 5.91 Å². The van der Waals surface area contributed by atoms with E-state index < -0.39 is 0 Å². The fourth-order valence-corrected chi connectivity index (χ4v) is 2.17. The van der Waals surface area contributed by atoms with Gasteiger partial charge in [-0.05, 0) is 26.8 Å². The van der Waals surface area contributed by atoms with Crippen molar-refractivity contribution < 1.29 is 4.79 Å². The lowest BCUT2D eigenvalue weighted by atomic mass is 10.2. The van der Waals surface area contributed by atoms with Gasteiger partial charge >= 0.3 is 0 Å².